The van der Waals surface area contributed by atoms with Gasteiger partial charge in [0.05, 0.1) is 19.3 Å². The molecule has 0 spiro atoms. The number of aliphatic imine (C=N–C) groups is 1. The van der Waals surface area contributed by atoms with Gasteiger partial charge >= 0.3 is 0 Å². The van der Waals surface area contributed by atoms with E-state index >= 15 is 0 Å². The minimum atomic E-state index is 0.454. The first-order valence-electron chi connectivity index (χ1n) is 9.89. The topological polar surface area (TPSA) is 71.7 Å². The largest absolute Gasteiger partial charge is 0.496 e. The number of benzene rings is 2. The Morgan fingerprint density at radius 3 is 2.67 bits per heavy atom. The minimum absolute atomic E-state index is 0.454. The molecular weight excluding hydrogens is 396 g/mol. The SMILES string of the molecule is CN=C(NCc1coc(-c2ccccc2)n1)NCC(C)CSc1ccccc1OC. The van der Waals surface area contributed by atoms with Gasteiger partial charge in [0.25, 0.3) is 0 Å². The van der Waals surface area contributed by atoms with Gasteiger partial charge in [-0.2, -0.15) is 0 Å². The first kappa shape index (κ1) is 21.8. The van der Waals surface area contributed by atoms with E-state index in [1.807, 2.05) is 48.5 Å². The number of aromatic nitrogens is 1. The lowest BCUT2D eigenvalue weighted by atomic mass is 10.2. The molecular formula is C23H28N4O2S. The van der Waals surface area contributed by atoms with Crippen LogP contribution in [-0.2, 0) is 6.54 Å². The summed E-state index contributed by atoms with van der Waals surface area (Å²) in [4.78, 5) is 9.99. The Kier molecular flexibility index (Phi) is 8.20. The van der Waals surface area contributed by atoms with Crippen LogP contribution in [0.5, 0.6) is 5.75 Å². The van der Waals surface area contributed by atoms with Crippen LogP contribution < -0.4 is 15.4 Å². The molecule has 0 saturated carbocycles. The number of ether oxygens (including phenoxy) is 1. The quantitative estimate of drug-likeness (QED) is 0.301. The fraction of sp³-hybridized carbons (Fsp3) is 0.304. The lowest BCUT2D eigenvalue weighted by Crippen LogP contribution is -2.39. The summed E-state index contributed by atoms with van der Waals surface area (Å²) in [5.41, 5.74) is 1.80. The van der Waals surface area contributed by atoms with Gasteiger partial charge in [0.1, 0.15) is 12.0 Å². The van der Waals surface area contributed by atoms with Crippen LogP contribution in [0.3, 0.4) is 0 Å². The van der Waals surface area contributed by atoms with Gasteiger partial charge in [-0.15, -0.1) is 11.8 Å². The van der Waals surface area contributed by atoms with E-state index in [-0.39, 0.29) is 0 Å². The van der Waals surface area contributed by atoms with E-state index < -0.39 is 0 Å². The third kappa shape index (κ3) is 6.29. The smallest absolute Gasteiger partial charge is 0.226 e. The molecule has 0 aliphatic carbocycles. The molecule has 3 aromatic rings. The Bertz CT molecular complexity index is 943. The third-order valence-corrected chi connectivity index (χ3v) is 5.83. The Balaban J connectivity index is 1.43. The van der Waals surface area contributed by atoms with Gasteiger partial charge in [0, 0.05) is 29.8 Å². The van der Waals surface area contributed by atoms with Crippen LogP contribution in [0.1, 0.15) is 12.6 Å². The summed E-state index contributed by atoms with van der Waals surface area (Å²) in [6.07, 6.45) is 1.68. The van der Waals surface area contributed by atoms with Crippen LogP contribution in [0.2, 0.25) is 0 Å². The first-order chi connectivity index (χ1) is 14.7. The van der Waals surface area contributed by atoms with Crippen LogP contribution >= 0.6 is 11.8 Å². The van der Waals surface area contributed by atoms with E-state index in [1.165, 1.54) is 0 Å². The lowest BCUT2D eigenvalue weighted by molar-refractivity contribution is 0.405. The van der Waals surface area contributed by atoms with E-state index in [4.69, 9.17) is 9.15 Å². The maximum Gasteiger partial charge on any atom is 0.226 e. The molecule has 2 N–H and O–H groups in total. The summed E-state index contributed by atoms with van der Waals surface area (Å²) in [7, 11) is 3.47. The summed E-state index contributed by atoms with van der Waals surface area (Å²) < 4.78 is 11.0. The Labute approximate surface area is 182 Å². The first-order valence-corrected chi connectivity index (χ1v) is 10.9. The number of nitrogens with zero attached hydrogens (tertiary/aromatic N) is 2. The highest BCUT2D eigenvalue weighted by Crippen LogP contribution is 2.29. The predicted molar refractivity (Wildman–Crippen MR) is 123 cm³/mol. The normalized spacial score (nSPS) is 12.4. The molecule has 0 radical (unpaired) electrons. The molecule has 1 heterocycles. The number of guanidine groups is 1. The number of methoxy groups -OCH3 is 1. The van der Waals surface area contributed by atoms with Crippen LogP contribution in [0.15, 0.2) is 75.2 Å². The molecule has 0 saturated heterocycles. The molecule has 30 heavy (non-hydrogen) atoms. The molecule has 7 heteroatoms. The highest BCUT2D eigenvalue weighted by molar-refractivity contribution is 7.99. The van der Waals surface area contributed by atoms with Crippen molar-refractivity contribution in [2.24, 2.45) is 10.9 Å². The fourth-order valence-electron chi connectivity index (χ4n) is 2.80. The van der Waals surface area contributed by atoms with Crippen molar-refractivity contribution in [1.82, 2.24) is 15.6 Å². The zero-order chi connectivity index (χ0) is 21.2. The number of para-hydroxylation sites is 1. The van der Waals surface area contributed by atoms with Crippen molar-refractivity contribution in [2.75, 3.05) is 26.5 Å². The van der Waals surface area contributed by atoms with Crippen LogP contribution in [0, 0.1) is 5.92 Å². The van der Waals surface area contributed by atoms with Gasteiger partial charge in [-0.25, -0.2) is 4.98 Å². The van der Waals surface area contributed by atoms with E-state index in [9.17, 15) is 0 Å². The summed E-state index contributed by atoms with van der Waals surface area (Å²) in [6, 6.07) is 18.0. The summed E-state index contributed by atoms with van der Waals surface area (Å²) >= 11 is 1.80. The number of hydrogen-bond donors (Lipinski definition) is 2. The summed E-state index contributed by atoms with van der Waals surface area (Å²) in [6.45, 7) is 3.57. The number of rotatable bonds is 9. The monoisotopic (exact) mass is 424 g/mol. The molecule has 0 amide bonds. The zero-order valence-electron chi connectivity index (χ0n) is 17.6. The number of thioether (sulfide) groups is 1. The van der Waals surface area contributed by atoms with Crippen molar-refractivity contribution in [1.29, 1.82) is 0 Å². The van der Waals surface area contributed by atoms with Crippen molar-refractivity contribution in [3.63, 3.8) is 0 Å². The van der Waals surface area contributed by atoms with Crippen LogP contribution in [0.25, 0.3) is 11.5 Å². The lowest BCUT2D eigenvalue weighted by Gasteiger charge is -2.16. The standard InChI is InChI=1S/C23H28N4O2S/c1-17(16-30-21-12-8-7-11-20(21)28-3)13-25-23(24-2)26-14-19-15-29-22(27-19)18-9-5-4-6-10-18/h4-12,15,17H,13-14,16H2,1-3H3,(H2,24,25,26). The summed E-state index contributed by atoms with van der Waals surface area (Å²) in [5, 5.41) is 6.67. The predicted octanol–water partition coefficient (Wildman–Crippen LogP) is 4.44. The van der Waals surface area contributed by atoms with Crippen molar-refractivity contribution in [3.8, 4) is 17.2 Å². The molecule has 1 aromatic heterocycles. The Hall–Kier alpha value is -2.93. The van der Waals surface area contributed by atoms with Gasteiger partial charge in [0.2, 0.25) is 5.89 Å². The highest BCUT2D eigenvalue weighted by atomic mass is 32.2. The maximum atomic E-state index is 5.58. The van der Waals surface area contributed by atoms with Gasteiger partial charge in [-0.05, 0) is 30.2 Å². The molecule has 1 unspecified atom stereocenters. The molecule has 0 bridgehead atoms. The molecule has 0 aliphatic rings. The van der Waals surface area contributed by atoms with E-state index in [0.717, 1.165) is 40.2 Å². The van der Waals surface area contributed by atoms with Gasteiger partial charge < -0.3 is 19.8 Å². The Morgan fingerprint density at radius 2 is 1.90 bits per heavy atom. The van der Waals surface area contributed by atoms with Crippen LogP contribution in [0.4, 0.5) is 0 Å². The molecule has 3 rings (SSSR count). The third-order valence-electron chi connectivity index (χ3n) is 4.44. The molecule has 0 fully saturated rings. The van der Waals surface area contributed by atoms with Crippen molar-refractivity contribution in [3.05, 3.63) is 66.6 Å². The number of nitrogens with one attached hydrogen (secondary N) is 2. The molecule has 158 valence electrons. The second-order valence-corrected chi connectivity index (χ2v) is 7.95. The maximum absolute atomic E-state index is 5.58. The average molecular weight is 425 g/mol. The second-order valence-electron chi connectivity index (χ2n) is 6.88. The van der Waals surface area contributed by atoms with Crippen molar-refractivity contribution in [2.45, 2.75) is 18.4 Å². The Morgan fingerprint density at radius 1 is 1.13 bits per heavy atom. The molecule has 2 aromatic carbocycles. The summed E-state index contributed by atoms with van der Waals surface area (Å²) in [5.74, 6) is 3.72. The minimum Gasteiger partial charge on any atom is -0.496 e. The molecule has 1 atom stereocenters. The zero-order valence-corrected chi connectivity index (χ0v) is 18.4. The van der Waals surface area contributed by atoms with Crippen molar-refractivity contribution < 1.29 is 9.15 Å². The van der Waals surface area contributed by atoms with Crippen LogP contribution in [-0.4, -0.2) is 37.4 Å². The van der Waals surface area contributed by atoms with Gasteiger partial charge in [0.15, 0.2) is 5.96 Å². The average Bonchev–Trinajstić information content (AvgIpc) is 3.27. The molecule has 6 nitrogen and oxygen atoms in total. The number of oxazole rings is 1. The molecule has 0 aliphatic heterocycles. The van der Waals surface area contributed by atoms with Gasteiger partial charge in [-0.3, -0.25) is 4.99 Å². The van der Waals surface area contributed by atoms with E-state index in [2.05, 4.69) is 33.6 Å². The van der Waals surface area contributed by atoms with E-state index in [0.29, 0.717) is 18.4 Å². The van der Waals surface area contributed by atoms with Gasteiger partial charge in [-0.1, -0.05) is 37.3 Å². The highest BCUT2D eigenvalue weighted by Gasteiger charge is 2.09. The number of hydrogen-bond acceptors (Lipinski definition) is 5. The van der Waals surface area contributed by atoms with Crippen molar-refractivity contribution >= 4 is 17.7 Å². The fourth-order valence-corrected chi connectivity index (χ4v) is 3.85. The second kappa shape index (κ2) is 11.3. The van der Waals surface area contributed by atoms with E-state index in [1.54, 1.807) is 32.2 Å².